The number of nitrogens with zero attached hydrogens (tertiary/aromatic N) is 4. The molecule has 0 bridgehead atoms. The van der Waals surface area contributed by atoms with Crippen molar-refractivity contribution in [3.05, 3.63) is 79.1 Å². The quantitative estimate of drug-likeness (QED) is 0.546. The number of imidazole rings is 2. The molecule has 4 aromatic rings. The van der Waals surface area contributed by atoms with E-state index >= 15 is 0 Å². The topological polar surface area (TPSA) is 64.2 Å². The van der Waals surface area contributed by atoms with Crippen molar-refractivity contribution >= 4 is 11.6 Å². The van der Waals surface area contributed by atoms with Crippen LogP contribution in [-0.2, 0) is 6.54 Å². The summed E-state index contributed by atoms with van der Waals surface area (Å²) in [5, 5.41) is 2.95. The highest BCUT2D eigenvalue weighted by atomic mass is 16.1. The summed E-state index contributed by atoms with van der Waals surface area (Å²) in [4.78, 5) is 21.0. The van der Waals surface area contributed by atoms with Crippen LogP contribution < -0.4 is 5.32 Å². The van der Waals surface area contributed by atoms with Crippen LogP contribution in [0.25, 0.3) is 16.9 Å². The molecule has 0 aliphatic carbocycles. The molecule has 6 heteroatoms. The molecule has 26 heavy (non-hydrogen) atoms. The second-order valence-electron chi connectivity index (χ2n) is 6.08. The Morgan fingerprint density at radius 1 is 1.12 bits per heavy atom. The number of rotatable bonds is 6. The Balaban J connectivity index is 1.42. The lowest BCUT2D eigenvalue weighted by Gasteiger charge is -2.06. The molecule has 0 saturated heterocycles. The Morgan fingerprint density at radius 2 is 2.00 bits per heavy atom. The lowest BCUT2D eigenvalue weighted by Crippen LogP contribution is -2.25. The van der Waals surface area contributed by atoms with Gasteiger partial charge < -0.3 is 14.3 Å². The largest absolute Gasteiger partial charge is 0.352 e. The summed E-state index contributed by atoms with van der Waals surface area (Å²) in [6, 6.07) is 13.6. The Hall–Kier alpha value is -3.41. The van der Waals surface area contributed by atoms with Gasteiger partial charge in [-0.1, -0.05) is 30.3 Å². The van der Waals surface area contributed by atoms with Gasteiger partial charge in [-0.3, -0.25) is 4.79 Å². The number of nitrogens with one attached hydrogen (secondary N) is 1. The van der Waals surface area contributed by atoms with Gasteiger partial charge in [0.25, 0.3) is 5.91 Å². The number of aryl methyl sites for hydroxylation is 1. The first kappa shape index (κ1) is 16.1. The maximum absolute atomic E-state index is 12.4. The Kier molecular flexibility index (Phi) is 4.47. The van der Waals surface area contributed by atoms with E-state index in [1.54, 1.807) is 12.5 Å². The van der Waals surface area contributed by atoms with Crippen LogP contribution in [0, 0.1) is 0 Å². The van der Waals surface area contributed by atoms with E-state index in [9.17, 15) is 4.79 Å². The van der Waals surface area contributed by atoms with Crippen LogP contribution >= 0.6 is 0 Å². The highest BCUT2D eigenvalue weighted by molar-refractivity contribution is 5.95. The van der Waals surface area contributed by atoms with Crippen molar-refractivity contribution in [2.45, 2.75) is 13.0 Å². The third kappa shape index (κ3) is 3.49. The fraction of sp³-hybridized carbons (Fsp3) is 0.150. The maximum Gasteiger partial charge on any atom is 0.251 e. The fourth-order valence-electron chi connectivity index (χ4n) is 2.86. The standard InChI is InChI=1S/C20H19N5O/c26-20(22-8-4-10-24-12-9-21-15-24)17-7-11-25-14-18(23-19(25)13-17)16-5-2-1-3-6-16/h1-3,5-7,9,11-15H,4,8,10H2,(H,22,26). The number of fused-ring (bicyclic) bond motifs is 1. The third-order valence-corrected chi connectivity index (χ3v) is 4.23. The second-order valence-corrected chi connectivity index (χ2v) is 6.08. The maximum atomic E-state index is 12.4. The number of hydrogen-bond acceptors (Lipinski definition) is 3. The zero-order valence-electron chi connectivity index (χ0n) is 14.2. The van der Waals surface area contributed by atoms with E-state index in [-0.39, 0.29) is 5.91 Å². The molecule has 0 radical (unpaired) electrons. The first-order chi connectivity index (χ1) is 12.8. The number of benzene rings is 1. The minimum atomic E-state index is -0.0811. The van der Waals surface area contributed by atoms with E-state index in [2.05, 4.69) is 15.3 Å². The molecule has 0 atom stereocenters. The van der Waals surface area contributed by atoms with Gasteiger partial charge in [0, 0.05) is 49.0 Å². The van der Waals surface area contributed by atoms with Crippen LogP contribution in [0.3, 0.4) is 0 Å². The molecule has 0 fully saturated rings. The average Bonchev–Trinajstić information content (AvgIpc) is 3.34. The molecule has 1 N–H and O–H groups in total. The van der Waals surface area contributed by atoms with Crippen LogP contribution in [0.5, 0.6) is 0 Å². The molecule has 0 spiro atoms. The van der Waals surface area contributed by atoms with E-state index in [4.69, 9.17) is 0 Å². The molecule has 1 aromatic carbocycles. The van der Waals surface area contributed by atoms with E-state index in [1.165, 1.54) is 0 Å². The minimum absolute atomic E-state index is 0.0811. The van der Waals surface area contributed by atoms with Crippen LogP contribution in [0.15, 0.2) is 73.6 Å². The van der Waals surface area contributed by atoms with E-state index in [0.717, 1.165) is 29.9 Å². The summed E-state index contributed by atoms with van der Waals surface area (Å²) >= 11 is 0. The number of aromatic nitrogens is 4. The van der Waals surface area contributed by atoms with Gasteiger partial charge in [0.15, 0.2) is 0 Å². The number of hydrogen-bond donors (Lipinski definition) is 1. The fourth-order valence-corrected chi connectivity index (χ4v) is 2.86. The van der Waals surface area contributed by atoms with E-state index in [1.807, 2.05) is 70.0 Å². The first-order valence-corrected chi connectivity index (χ1v) is 8.58. The van der Waals surface area contributed by atoms with Crippen molar-refractivity contribution in [1.82, 2.24) is 24.3 Å². The number of amides is 1. The summed E-state index contributed by atoms with van der Waals surface area (Å²) in [6.45, 7) is 1.45. The Labute approximate surface area is 151 Å². The zero-order chi connectivity index (χ0) is 17.8. The molecule has 1 amide bonds. The average molecular weight is 345 g/mol. The number of carbonyl (C=O) groups is 1. The van der Waals surface area contributed by atoms with Gasteiger partial charge >= 0.3 is 0 Å². The lowest BCUT2D eigenvalue weighted by atomic mass is 10.2. The summed E-state index contributed by atoms with van der Waals surface area (Å²) < 4.78 is 3.92. The molecule has 130 valence electrons. The number of pyridine rings is 1. The van der Waals surface area contributed by atoms with Crippen LogP contribution in [-0.4, -0.2) is 31.4 Å². The molecule has 0 aliphatic heterocycles. The van der Waals surface area contributed by atoms with Gasteiger partial charge in [0.1, 0.15) is 5.65 Å². The summed E-state index contributed by atoms with van der Waals surface area (Å²) in [6.07, 6.45) is 10.1. The molecule has 0 aliphatic rings. The van der Waals surface area contributed by atoms with Gasteiger partial charge in [0.2, 0.25) is 0 Å². The molecular weight excluding hydrogens is 326 g/mol. The predicted molar refractivity (Wildman–Crippen MR) is 99.8 cm³/mol. The summed E-state index contributed by atoms with van der Waals surface area (Å²) in [5.41, 5.74) is 3.32. The van der Waals surface area contributed by atoms with E-state index in [0.29, 0.717) is 12.1 Å². The molecule has 3 aromatic heterocycles. The van der Waals surface area contributed by atoms with Crippen molar-refractivity contribution < 1.29 is 4.79 Å². The monoisotopic (exact) mass is 345 g/mol. The van der Waals surface area contributed by atoms with Gasteiger partial charge in [0.05, 0.1) is 12.0 Å². The van der Waals surface area contributed by atoms with E-state index < -0.39 is 0 Å². The molecule has 4 rings (SSSR count). The summed E-state index contributed by atoms with van der Waals surface area (Å²) in [5.74, 6) is -0.0811. The van der Waals surface area contributed by atoms with Crippen LogP contribution in [0.4, 0.5) is 0 Å². The Bertz CT molecular complexity index is 1010. The first-order valence-electron chi connectivity index (χ1n) is 8.58. The molecular formula is C20H19N5O. The normalized spacial score (nSPS) is 10.9. The highest BCUT2D eigenvalue weighted by Crippen LogP contribution is 2.19. The lowest BCUT2D eigenvalue weighted by molar-refractivity contribution is 0.0952. The SMILES string of the molecule is O=C(NCCCn1ccnc1)c1ccn2cc(-c3ccccc3)nc2c1. The van der Waals surface area contributed by atoms with Gasteiger partial charge in [-0.2, -0.15) is 0 Å². The number of carbonyl (C=O) groups excluding carboxylic acids is 1. The van der Waals surface area contributed by atoms with Gasteiger partial charge in [-0.05, 0) is 18.6 Å². The van der Waals surface area contributed by atoms with Crippen molar-refractivity contribution in [3.8, 4) is 11.3 Å². The predicted octanol–water partition coefficient (Wildman–Crippen LogP) is 3.02. The van der Waals surface area contributed by atoms with Crippen molar-refractivity contribution in [2.75, 3.05) is 6.54 Å². The second kappa shape index (κ2) is 7.23. The minimum Gasteiger partial charge on any atom is -0.352 e. The van der Waals surface area contributed by atoms with Crippen molar-refractivity contribution in [1.29, 1.82) is 0 Å². The third-order valence-electron chi connectivity index (χ3n) is 4.23. The molecule has 0 saturated carbocycles. The van der Waals surface area contributed by atoms with Crippen molar-refractivity contribution in [2.24, 2.45) is 0 Å². The molecule has 6 nitrogen and oxygen atoms in total. The van der Waals surface area contributed by atoms with Gasteiger partial charge in [-0.25, -0.2) is 9.97 Å². The summed E-state index contributed by atoms with van der Waals surface area (Å²) in [7, 11) is 0. The van der Waals surface area contributed by atoms with Gasteiger partial charge in [-0.15, -0.1) is 0 Å². The Morgan fingerprint density at radius 3 is 2.81 bits per heavy atom. The van der Waals surface area contributed by atoms with Crippen molar-refractivity contribution in [3.63, 3.8) is 0 Å². The highest BCUT2D eigenvalue weighted by Gasteiger charge is 2.09. The van der Waals surface area contributed by atoms with Crippen LogP contribution in [0.1, 0.15) is 16.8 Å². The zero-order valence-corrected chi connectivity index (χ0v) is 14.2. The molecule has 0 unspecified atom stereocenters. The molecule has 3 heterocycles. The smallest absolute Gasteiger partial charge is 0.251 e. The van der Waals surface area contributed by atoms with Crippen LogP contribution in [0.2, 0.25) is 0 Å².